The minimum Gasteiger partial charge on any atom is -0.324 e. The Morgan fingerprint density at radius 2 is 1.82 bits per heavy atom. The molecule has 0 saturated heterocycles. The van der Waals surface area contributed by atoms with E-state index in [4.69, 9.17) is 4.52 Å². The lowest BCUT2D eigenvalue weighted by Gasteiger charge is -2.16. The molecule has 0 aliphatic carbocycles. The van der Waals surface area contributed by atoms with E-state index in [9.17, 15) is 9.46 Å². The molecular weight excluding hydrogens is 163 g/mol. The van der Waals surface area contributed by atoms with Gasteiger partial charge in [0.05, 0.1) is 12.3 Å². The molecule has 0 aliphatic rings. The summed E-state index contributed by atoms with van der Waals surface area (Å²) in [5.74, 6) is 0.199. The molecule has 4 heteroatoms. The predicted octanol–water partition coefficient (Wildman–Crippen LogP) is 2.25. The second-order valence-corrected chi connectivity index (χ2v) is 5.22. The third kappa shape index (κ3) is 6.54. The summed E-state index contributed by atoms with van der Waals surface area (Å²) in [6, 6.07) is 0. The van der Waals surface area contributed by atoms with E-state index < -0.39 is 7.60 Å². The second kappa shape index (κ2) is 4.24. The van der Waals surface area contributed by atoms with Crippen molar-refractivity contribution in [1.29, 1.82) is 0 Å². The largest absolute Gasteiger partial charge is 0.328 e. The van der Waals surface area contributed by atoms with Crippen LogP contribution in [0.5, 0.6) is 0 Å². The Labute approximate surface area is 68.3 Å². The average molecular weight is 180 g/mol. The van der Waals surface area contributed by atoms with E-state index in [1.54, 1.807) is 13.8 Å². The van der Waals surface area contributed by atoms with Gasteiger partial charge in [-0.25, -0.2) is 0 Å². The Balaban J connectivity index is 3.91. The van der Waals surface area contributed by atoms with Crippen molar-refractivity contribution in [2.45, 2.75) is 33.8 Å². The highest BCUT2D eigenvalue weighted by Crippen LogP contribution is 2.44. The summed E-state index contributed by atoms with van der Waals surface area (Å²) in [6.07, 6.45) is 0.0649. The molecular formula is C7H17O3P. The van der Waals surface area contributed by atoms with Crippen LogP contribution in [0, 0.1) is 5.92 Å². The van der Waals surface area contributed by atoms with E-state index in [2.05, 4.69) is 0 Å². The molecule has 0 aliphatic heterocycles. The summed E-state index contributed by atoms with van der Waals surface area (Å²) in [7, 11) is -3.30. The fourth-order valence-electron chi connectivity index (χ4n) is 0.834. The van der Waals surface area contributed by atoms with Gasteiger partial charge in [-0.3, -0.25) is 4.57 Å². The Morgan fingerprint density at radius 1 is 1.36 bits per heavy atom. The molecule has 0 heterocycles. The first kappa shape index (κ1) is 11.2. The molecule has 0 radical (unpaired) electrons. The van der Waals surface area contributed by atoms with Gasteiger partial charge in [0, 0.05) is 0 Å². The first-order chi connectivity index (χ1) is 4.83. The maximum atomic E-state index is 11.2. The monoisotopic (exact) mass is 180 g/mol. The first-order valence-electron chi connectivity index (χ1n) is 3.83. The summed E-state index contributed by atoms with van der Waals surface area (Å²) >= 11 is 0. The predicted molar refractivity (Wildman–Crippen MR) is 45.8 cm³/mol. The Hall–Kier alpha value is 0.150. The van der Waals surface area contributed by atoms with Crippen LogP contribution in [0.15, 0.2) is 0 Å². The quantitative estimate of drug-likeness (QED) is 0.675. The summed E-state index contributed by atoms with van der Waals surface area (Å²) in [4.78, 5) is 9.19. The molecule has 1 atom stereocenters. The van der Waals surface area contributed by atoms with Crippen LogP contribution in [-0.2, 0) is 9.09 Å². The van der Waals surface area contributed by atoms with Crippen LogP contribution >= 0.6 is 7.60 Å². The third-order valence-corrected chi connectivity index (χ3v) is 2.91. The Morgan fingerprint density at radius 3 is 2.09 bits per heavy atom. The van der Waals surface area contributed by atoms with Crippen LogP contribution in [0.25, 0.3) is 0 Å². The van der Waals surface area contributed by atoms with Crippen LogP contribution in [0.2, 0.25) is 0 Å². The van der Waals surface area contributed by atoms with E-state index >= 15 is 0 Å². The van der Waals surface area contributed by atoms with Crippen molar-refractivity contribution in [2.24, 2.45) is 5.92 Å². The molecule has 0 spiro atoms. The van der Waals surface area contributed by atoms with Crippen LogP contribution < -0.4 is 0 Å². The molecule has 1 unspecified atom stereocenters. The molecule has 1 N–H and O–H groups in total. The van der Waals surface area contributed by atoms with Gasteiger partial charge < -0.3 is 9.42 Å². The minimum absolute atomic E-state index is 0.176. The maximum Gasteiger partial charge on any atom is 0.328 e. The molecule has 3 nitrogen and oxygen atoms in total. The summed E-state index contributed by atoms with van der Waals surface area (Å²) in [5, 5.41) is 0. The van der Waals surface area contributed by atoms with Gasteiger partial charge in [0.1, 0.15) is 0 Å². The first-order valence-corrected chi connectivity index (χ1v) is 5.60. The molecule has 0 aromatic carbocycles. The lowest BCUT2D eigenvalue weighted by atomic mass is 10.3. The molecule has 0 aromatic heterocycles. The van der Waals surface area contributed by atoms with Gasteiger partial charge in [0.15, 0.2) is 0 Å². The summed E-state index contributed by atoms with van der Waals surface area (Å²) in [5.41, 5.74) is 0. The summed E-state index contributed by atoms with van der Waals surface area (Å²) < 4.78 is 16.0. The van der Waals surface area contributed by atoms with Gasteiger partial charge in [-0.05, 0) is 19.8 Å². The molecule has 0 amide bonds. The molecule has 0 bridgehead atoms. The fraction of sp³-hybridized carbons (Fsp3) is 1.00. The highest BCUT2D eigenvalue weighted by atomic mass is 31.2. The number of hydrogen-bond acceptors (Lipinski definition) is 2. The topological polar surface area (TPSA) is 46.5 Å². The minimum atomic E-state index is -3.30. The second-order valence-electron chi connectivity index (χ2n) is 3.37. The van der Waals surface area contributed by atoms with E-state index in [0.717, 1.165) is 0 Å². The normalized spacial score (nSPS) is 17.4. The van der Waals surface area contributed by atoms with Crippen LogP contribution in [0.3, 0.4) is 0 Å². The van der Waals surface area contributed by atoms with E-state index in [1.807, 2.05) is 13.8 Å². The lowest BCUT2D eigenvalue weighted by Crippen LogP contribution is -2.06. The van der Waals surface area contributed by atoms with Crippen molar-refractivity contribution >= 4 is 7.60 Å². The van der Waals surface area contributed by atoms with Gasteiger partial charge >= 0.3 is 7.60 Å². The number of rotatable bonds is 4. The van der Waals surface area contributed by atoms with Crippen LogP contribution in [0.4, 0.5) is 0 Å². The summed E-state index contributed by atoms with van der Waals surface area (Å²) in [6.45, 7) is 7.30. The maximum absolute atomic E-state index is 11.2. The third-order valence-electron chi connectivity index (χ3n) is 0.971. The van der Waals surface area contributed by atoms with Crippen LogP contribution in [0.1, 0.15) is 27.7 Å². The Kier molecular flexibility index (Phi) is 4.30. The van der Waals surface area contributed by atoms with Crippen molar-refractivity contribution in [1.82, 2.24) is 0 Å². The van der Waals surface area contributed by atoms with Crippen molar-refractivity contribution in [2.75, 3.05) is 6.16 Å². The standard InChI is InChI=1S/C7H17O3P/c1-6(2)5-11(8,9)10-7(3)4/h6-7H,5H2,1-4H3,(H,8,9). The Bertz CT molecular complexity index is 140. The fourth-order valence-corrected chi connectivity index (χ4v) is 2.50. The van der Waals surface area contributed by atoms with Gasteiger partial charge in [-0.1, -0.05) is 13.8 Å². The van der Waals surface area contributed by atoms with Gasteiger partial charge in [-0.15, -0.1) is 0 Å². The van der Waals surface area contributed by atoms with Crippen molar-refractivity contribution in [3.8, 4) is 0 Å². The zero-order valence-electron chi connectivity index (χ0n) is 7.57. The molecule has 0 saturated carbocycles. The highest BCUT2D eigenvalue weighted by molar-refractivity contribution is 7.52. The molecule has 68 valence electrons. The molecule has 0 fully saturated rings. The van der Waals surface area contributed by atoms with Crippen molar-refractivity contribution < 1.29 is 14.0 Å². The van der Waals surface area contributed by atoms with Gasteiger partial charge in [0.2, 0.25) is 0 Å². The zero-order valence-corrected chi connectivity index (χ0v) is 8.47. The molecule has 11 heavy (non-hydrogen) atoms. The van der Waals surface area contributed by atoms with Crippen molar-refractivity contribution in [3.63, 3.8) is 0 Å². The van der Waals surface area contributed by atoms with E-state index in [1.165, 1.54) is 0 Å². The highest BCUT2D eigenvalue weighted by Gasteiger charge is 2.21. The zero-order chi connectivity index (χ0) is 9.07. The SMILES string of the molecule is CC(C)CP(=O)(O)OC(C)C. The average Bonchev–Trinajstić information content (AvgIpc) is 1.53. The van der Waals surface area contributed by atoms with E-state index in [0.29, 0.717) is 0 Å². The number of hydrogen-bond donors (Lipinski definition) is 1. The van der Waals surface area contributed by atoms with Crippen molar-refractivity contribution in [3.05, 3.63) is 0 Å². The lowest BCUT2D eigenvalue weighted by molar-refractivity contribution is 0.202. The van der Waals surface area contributed by atoms with Gasteiger partial charge in [0.25, 0.3) is 0 Å². The van der Waals surface area contributed by atoms with Crippen LogP contribution in [-0.4, -0.2) is 17.2 Å². The van der Waals surface area contributed by atoms with Gasteiger partial charge in [-0.2, -0.15) is 0 Å². The smallest absolute Gasteiger partial charge is 0.324 e. The van der Waals surface area contributed by atoms with E-state index in [-0.39, 0.29) is 18.2 Å². The molecule has 0 rings (SSSR count). The molecule has 0 aromatic rings.